The van der Waals surface area contributed by atoms with Crippen molar-refractivity contribution in [1.82, 2.24) is 0 Å². The van der Waals surface area contributed by atoms with Gasteiger partial charge in [0.25, 0.3) is 0 Å². The summed E-state index contributed by atoms with van der Waals surface area (Å²) in [5, 5.41) is 5.86. The van der Waals surface area contributed by atoms with Crippen molar-refractivity contribution in [3.63, 3.8) is 0 Å². The quantitative estimate of drug-likeness (QED) is 0.845. The number of methoxy groups -OCH3 is 1. The number of hydrogen-bond acceptors (Lipinski definition) is 5. The standard InChI is InChI=1S/C19H21N3O3S/c1-13(23)21-14-7-8-17(25-2)15(11-14)20-12-19(24)22-9-10-26-18-6-4-3-5-16(18)22/h3-8,11,20H,9-10,12H2,1-2H3,(H,21,23). The van der Waals surface area contributed by atoms with Crippen LogP contribution in [0, 0.1) is 0 Å². The molecular formula is C19H21N3O3S. The maximum Gasteiger partial charge on any atom is 0.246 e. The molecule has 0 bridgehead atoms. The summed E-state index contributed by atoms with van der Waals surface area (Å²) in [6.45, 7) is 2.27. The van der Waals surface area contributed by atoms with Gasteiger partial charge >= 0.3 is 0 Å². The largest absolute Gasteiger partial charge is 0.495 e. The molecule has 0 saturated carbocycles. The fraction of sp³-hybridized carbons (Fsp3) is 0.263. The molecule has 7 heteroatoms. The highest BCUT2D eigenvalue weighted by atomic mass is 32.2. The number of thioether (sulfide) groups is 1. The van der Waals surface area contributed by atoms with Crippen molar-refractivity contribution in [3.8, 4) is 5.75 Å². The Balaban J connectivity index is 1.73. The first-order valence-electron chi connectivity index (χ1n) is 8.30. The molecule has 0 saturated heterocycles. The smallest absolute Gasteiger partial charge is 0.246 e. The predicted octanol–water partition coefficient (Wildman–Crippen LogP) is 3.20. The molecule has 26 heavy (non-hydrogen) atoms. The van der Waals surface area contributed by atoms with E-state index in [-0.39, 0.29) is 18.4 Å². The SMILES string of the molecule is COc1ccc(NC(C)=O)cc1NCC(=O)N1CCSc2ccccc21. The molecule has 2 aromatic carbocycles. The van der Waals surface area contributed by atoms with Crippen molar-refractivity contribution in [2.45, 2.75) is 11.8 Å². The first-order chi connectivity index (χ1) is 12.6. The zero-order chi connectivity index (χ0) is 18.5. The Morgan fingerprint density at radius 2 is 2.04 bits per heavy atom. The van der Waals surface area contributed by atoms with E-state index >= 15 is 0 Å². The van der Waals surface area contributed by atoms with Gasteiger partial charge in [0.1, 0.15) is 5.75 Å². The Morgan fingerprint density at radius 1 is 1.23 bits per heavy atom. The fourth-order valence-corrected chi connectivity index (χ4v) is 3.82. The van der Waals surface area contributed by atoms with E-state index < -0.39 is 0 Å². The van der Waals surface area contributed by atoms with Gasteiger partial charge in [-0.3, -0.25) is 9.59 Å². The van der Waals surface area contributed by atoms with Crippen LogP contribution in [-0.4, -0.2) is 37.8 Å². The number of amides is 2. The van der Waals surface area contributed by atoms with Gasteiger partial charge in [0, 0.05) is 29.8 Å². The Morgan fingerprint density at radius 3 is 2.81 bits per heavy atom. The minimum absolute atomic E-state index is 0.00951. The number of carbonyl (C=O) groups is 2. The zero-order valence-electron chi connectivity index (χ0n) is 14.7. The van der Waals surface area contributed by atoms with Gasteiger partial charge in [-0.15, -0.1) is 11.8 Å². The van der Waals surface area contributed by atoms with Crippen LogP contribution in [0.1, 0.15) is 6.92 Å². The molecule has 1 aliphatic heterocycles. The van der Waals surface area contributed by atoms with E-state index in [4.69, 9.17) is 4.74 Å². The van der Waals surface area contributed by atoms with Gasteiger partial charge in [-0.05, 0) is 30.3 Å². The minimum atomic E-state index is -0.153. The second-order valence-electron chi connectivity index (χ2n) is 5.81. The fourth-order valence-electron chi connectivity index (χ4n) is 2.82. The first kappa shape index (κ1) is 18.1. The molecule has 0 atom stereocenters. The molecule has 136 valence electrons. The number of para-hydroxylation sites is 1. The van der Waals surface area contributed by atoms with Crippen molar-refractivity contribution in [2.24, 2.45) is 0 Å². The number of anilines is 3. The van der Waals surface area contributed by atoms with E-state index in [1.165, 1.54) is 6.92 Å². The number of hydrogen-bond donors (Lipinski definition) is 2. The molecule has 0 aromatic heterocycles. The van der Waals surface area contributed by atoms with Crippen LogP contribution < -0.4 is 20.3 Å². The number of benzene rings is 2. The average molecular weight is 371 g/mol. The average Bonchev–Trinajstić information content (AvgIpc) is 2.65. The first-order valence-corrected chi connectivity index (χ1v) is 9.28. The van der Waals surface area contributed by atoms with Crippen molar-refractivity contribution >= 4 is 40.6 Å². The van der Waals surface area contributed by atoms with Crippen LogP contribution in [0.15, 0.2) is 47.4 Å². The van der Waals surface area contributed by atoms with Crippen LogP contribution in [-0.2, 0) is 9.59 Å². The van der Waals surface area contributed by atoms with Gasteiger partial charge in [-0.2, -0.15) is 0 Å². The number of fused-ring (bicyclic) bond motifs is 1. The summed E-state index contributed by atoms with van der Waals surface area (Å²) in [5.74, 6) is 1.33. The van der Waals surface area contributed by atoms with Crippen molar-refractivity contribution in [1.29, 1.82) is 0 Å². The summed E-state index contributed by atoms with van der Waals surface area (Å²) in [7, 11) is 1.57. The molecular weight excluding hydrogens is 350 g/mol. The topological polar surface area (TPSA) is 70.7 Å². The second-order valence-corrected chi connectivity index (χ2v) is 6.95. The van der Waals surface area contributed by atoms with E-state index in [2.05, 4.69) is 10.6 Å². The van der Waals surface area contributed by atoms with Crippen LogP contribution in [0.5, 0.6) is 5.75 Å². The summed E-state index contributed by atoms with van der Waals surface area (Å²) in [6.07, 6.45) is 0. The Bertz CT molecular complexity index is 825. The lowest BCUT2D eigenvalue weighted by Crippen LogP contribution is -2.39. The number of ether oxygens (including phenoxy) is 1. The molecule has 6 nitrogen and oxygen atoms in total. The lowest BCUT2D eigenvalue weighted by atomic mass is 10.2. The van der Waals surface area contributed by atoms with Crippen LogP contribution in [0.25, 0.3) is 0 Å². The van der Waals surface area contributed by atoms with Gasteiger partial charge in [0.05, 0.1) is 25.0 Å². The molecule has 0 fully saturated rings. The minimum Gasteiger partial charge on any atom is -0.495 e. The predicted molar refractivity (Wildman–Crippen MR) is 105 cm³/mol. The second kappa shape index (κ2) is 8.14. The van der Waals surface area contributed by atoms with Crippen molar-refractivity contribution < 1.29 is 14.3 Å². The molecule has 2 N–H and O–H groups in total. The van der Waals surface area contributed by atoms with Crippen LogP contribution >= 0.6 is 11.8 Å². The highest BCUT2D eigenvalue weighted by Crippen LogP contribution is 2.34. The number of carbonyl (C=O) groups excluding carboxylic acids is 2. The molecule has 2 aromatic rings. The van der Waals surface area contributed by atoms with Gasteiger partial charge < -0.3 is 20.3 Å². The van der Waals surface area contributed by atoms with E-state index in [9.17, 15) is 9.59 Å². The number of rotatable bonds is 5. The van der Waals surface area contributed by atoms with Crippen molar-refractivity contribution in [2.75, 3.05) is 41.5 Å². The highest BCUT2D eigenvalue weighted by Gasteiger charge is 2.22. The van der Waals surface area contributed by atoms with Crippen LogP contribution in [0.4, 0.5) is 17.1 Å². The maximum atomic E-state index is 12.7. The van der Waals surface area contributed by atoms with Crippen LogP contribution in [0.3, 0.4) is 0 Å². The summed E-state index contributed by atoms with van der Waals surface area (Å²) < 4.78 is 5.34. The lowest BCUT2D eigenvalue weighted by Gasteiger charge is -2.29. The summed E-state index contributed by atoms with van der Waals surface area (Å²) in [4.78, 5) is 26.9. The molecule has 2 amide bonds. The maximum absolute atomic E-state index is 12.7. The molecule has 0 unspecified atom stereocenters. The van der Waals surface area contributed by atoms with E-state index in [0.29, 0.717) is 23.7 Å². The third kappa shape index (κ3) is 4.11. The number of nitrogens with zero attached hydrogens (tertiary/aromatic N) is 1. The Labute approximate surface area is 156 Å². The third-order valence-corrected chi connectivity index (χ3v) is 5.02. The third-order valence-electron chi connectivity index (χ3n) is 3.98. The summed E-state index contributed by atoms with van der Waals surface area (Å²) in [5.41, 5.74) is 2.26. The number of nitrogens with one attached hydrogen (secondary N) is 2. The van der Waals surface area contributed by atoms with Gasteiger partial charge in [0.2, 0.25) is 11.8 Å². The molecule has 0 spiro atoms. The lowest BCUT2D eigenvalue weighted by molar-refractivity contribution is -0.117. The van der Waals surface area contributed by atoms with Crippen molar-refractivity contribution in [3.05, 3.63) is 42.5 Å². The summed E-state index contributed by atoms with van der Waals surface area (Å²) in [6, 6.07) is 13.2. The molecule has 1 heterocycles. The van der Waals surface area contributed by atoms with E-state index in [1.54, 1.807) is 37.1 Å². The normalized spacial score (nSPS) is 12.9. The Kier molecular flexibility index (Phi) is 5.68. The molecule has 1 aliphatic rings. The van der Waals surface area contributed by atoms with Gasteiger partial charge in [-0.1, -0.05) is 12.1 Å². The summed E-state index contributed by atoms with van der Waals surface area (Å²) >= 11 is 1.76. The van der Waals surface area contributed by atoms with E-state index in [1.807, 2.05) is 29.2 Å². The van der Waals surface area contributed by atoms with Gasteiger partial charge in [0.15, 0.2) is 0 Å². The van der Waals surface area contributed by atoms with E-state index in [0.717, 1.165) is 16.3 Å². The molecule has 0 radical (unpaired) electrons. The monoisotopic (exact) mass is 371 g/mol. The Hall–Kier alpha value is -2.67. The van der Waals surface area contributed by atoms with Crippen LogP contribution in [0.2, 0.25) is 0 Å². The molecule has 0 aliphatic carbocycles. The molecule has 3 rings (SSSR count). The zero-order valence-corrected chi connectivity index (χ0v) is 15.6. The van der Waals surface area contributed by atoms with Gasteiger partial charge in [-0.25, -0.2) is 0 Å². The highest BCUT2D eigenvalue weighted by molar-refractivity contribution is 7.99.